The third-order valence-electron chi connectivity index (χ3n) is 3.57. The standard InChI is InChI=1S/C18H19N3O4S/c1-13(25-15-10-8-14(12-19)9-11-15)18(22)20-16-6-4-5-7-17(16)26(23,24)21(2)3/h4-11,13H,1-3H3,(H,20,22). The van der Waals surface area contributed by atoms with Gasteiger partial charge in [0.1, 0.15) is 10.6 Å². The van der Waals surface area contributed by atoms with Gasteiger partial charge in [0.05, 0.1) is 17.3 Å². The average molecular weight is 373 g/mol. The summed E-state index contributed by atoms with van der Waals surface area (Å²) in [5.74, 6) is -0.0587. The molecule has 0 saturated heterocycles. The number of carbonyl (C=O) groups excluding carboxylic acids is 1. The number of rotatable bonds is 6. The van der Waals surface area contributed by atoms with Gasteiger partial charge in [0.25, 0.3) is 5.91 Å². The van der Waals surface area contributed by atoms with Crippen molar-refractivity contribution in [1.29, 1.82) is 5.26 Å². The van der Waals surface area contributed by atoms with Gasteiger partial charge in [-0.05, 0) is 43.3 Å². The van der Waals surface area contributed by atoms with E-state index in [-0.39, 0.29) is 10.6 Å². The zero-order valence-electron chi connectivity index (χ0n) is 14.6. The predicted octanol–water partition coefficient (Wildman–Crippen LogP) is 2.21. The molecule has 1 atom stereocenters. The molecule has 0 aromatic heterocycles. The van der Waals surface area contributed by atoms with Crippen LogP contribution in [0.1, 0.15) is 12.5 Å². The lowest BCUT2D eigenvalue weighted by atomic mass is 10.2. The van der Waals surface area contributed by atoms with Crippen LogP contribution in [-0.4, -0.2) is 38.8 Å². The van der Waals surface area contributed by atoms with Crippen LogP contribution in [0, 0.1) is 11.3 Å². The van der Waals surface area contributed by atoms with Crippen molar-refractivity contribution in [1.82, 2.24) is 4.31 Å². The Labute approximate surface area is 152 Å². The second-order valence-electron chi connectivity index (χ2n) is 5.67. The van der Waals surface area contributed by atoms with E-state index in [0.717, 1.165) is 4.31 Å². The van der Waals surface area contributed by atoms with E-state index in [2.05, 4.69) is 5.32 Å². The third kappa shape index (κ3) is 4.39. The molecule has 0 aliphatic carbocycles. The van der Waals surface area contributed by atoms with Gasteiger partial charge < -0.3 is 10.1 Å². The van der Waals surface area contributed by atoms with Crippen LogP contribution in [0.2, 0.25) is 0 Å². The summed E-state index contributed by atoms with van der Waals surface area (Å²) in [6, 6.07) is 14.5. The SMILES string of the molecule is CC(Oc1ccc(C#N)cc1)C(=O)Nc1ccccc1S(=O)(=O)N(C)C. The molecule has 7 nitrogen and oxygen atoms in total. The lowest BCUT2D eigenvalue weighted by molar-refractivity contribution is -0.122. The molecule has 1 unspecified atom stereocenters. The summed E-state index contributed by atoms with van der Waals surface area (Å²) < 4.78 is 31.4. The number of nitriles is 1. The number of anilines is 1. The van der Waals surface area contributed by atoms with Gasteiger partial charge in [-0.1, -0.05) is 12.1 Å². The normalized spacial score (nSPS) is 12.3. The first-order valence-corrected chi connectivity index (χ1v) is 9.19. The highest BCUT2D eigenvalue weighted by Crippen LogP contribution is 2.23. The topological polar surface area (TPSA) is 99.5 Å². The molecule has 0 saturated carbocycles. The third-order valence-corrected chi connectivity index (χ3v) is 5.44. The first kappa shape index (κ1) is 19.4. The fraction of sp³-hybridized carbons (Fsp3) is 0.222. The van der Waals surface area contributed by atoms with Gasteiger partial charge in [-0.25, -0.2) is 12.7 Å². The number of hydrogen-bond donors (Lipinski definition) is 1. The van der Waals surface area contributed by atoms with Crippen molar-refractivity contribution in [3.05, 3.63) is 54.1 Å². The molecule has 0 heterocycles. The number of ether oxygens (including phenoxy) is 1. The van der Waals surface area contributed by atoms with Crippen molar-refractivity contribution in [3.8, 4) is 11.8 Å². The highest BCUT2D eigenvalue weighted by atomic mass is 32.2. The smallest absolute Gasteiger partial charge is 0.265 e. The summed E-state index contributed by atoms with van der Waals surface area (Å²) >= 11 is 0. The minimum Gasteiger partial charge on any atom is -0.481 e. The number of hydrogen-bond acceptors (Lipinski definition) is 5. The molecule has 0 bridgehead atoms. The molecule has 0 aliphatic heterocycles. The number of amides is 1. The maximum Gasteiger partial charge on any atom is 0.265 e. The maximum atomic E-state index is 12.4. The fourth-order valence-corrected chi connectivity index (χ4v) is 3.13. The molecule has 2 aromatic rings. The molecule has 1 N–H and O–H groups in total. The van der Waals surface area contributed by atoms with Gasteiger partial charge in [-0.2, -0.15) is 5.26 Å². The number of nitrogens with one attached hydrogen (secondary N) is 1. The molecule has 0 aliphatic rings. The van der Waals surface area contributed by atoms with E-state index in [0.29, 0.717) is 11.3 Å². The van der Waals surface area contributed by atoms with Gasteiger partial charge in [0, 0.05) is 14.1 Å². The molecule has 0 radical (unpaired) electrons. The summed E-state index contributed by atoms with van der Waals surface area (Å²) in [5.41, 5.74) is 0.666. The van der Waals surface area contributed by atoms with Crippen molar-refractivity contribution >= 4 is 21.6 Å². The number of benzene rings is 2. The highest BCUT2D eigenvalue weighted by Gasteiger charge is 2.23. The fourth-order valence-electron chi connectivity index (χ4n) is 2.09. The minimum atomic E-state index is -3.70. The molecule has 1 amide bonds. The van der Waals surface area contributed by atoms with Crippen LogP contribution < -0.4 is 10.1 Å². The van der Waals surface area contributed by atoms with Crippen LogP contribution in [-0.2, 0) is 14.8 Å². The second-order valence-corrected chi connectivity index (χ2v) is 7.79. The Morgan fingerprint density at radius 2 is 1.77 bits per heavy atom. The predicted molar refractivity (Wildman–Crippen MR) is 97.2 cm³/mol. The Hall–Kier alpha value is -2.89. The zero-order chi connectivity index (χ0) is 19.3. The van der Waals surface area contributed by atoms with Gasteiger partial charge >= 0.3 is 0 Å². The molecule has 0 spiro atoms. The summed E-state index contributed by atoms with van der Waals surface area (Å²) in [6.07, 6.45) is -0.863. The van der Waals surface area contributed by atoms with Crippen LogP contribution in [0.5, 0.6) is 5.75 Å². The first-order chi connectivity index (χ1) is 12.3. The highest BCUT2D eigenvalue weighted by molar-refractivity contribution is 7.89. The van der Waals surface area contributed by atoms with E-state index >= 15 is 0 Å². The Bertz CT molecular complexity index is 932. The summed E-state index contributed by atoms with van der Waals surface area (Å²) in [7, 11) is -0.856. The lowest BCUT2D eigenvalue weighted by Gasteiger charge is -2.18. The van der Waals surface area contributed by atoms with Crippen molar-refractivity contribution in [3.63, 3.8) is 0 Å². The largest absolute Gasteiger partial charge is 0.481 e. The monoisotopic (exact) mass is 373 g/mol. The molecule has 8 heteroatoms. The van der Waals surface area contributed by atoms with Gasteiger partial charge in [0.15, 0.2) is 6.10 Å². The van der Waals surface area contributed by atoms with Crippen LogP contribution in [0.25, 0.3) is 0 Å². The minimum absolute atomic E-state index is 0.00363. The number of carbonyl (C=O) groups is 1. The lowest BCUT2D eigenvalue weighted by Crippen LogP contribution is -2.31. The Morgan fingerprint density at radius 1 is 1.15 bits per heavy atom. The maximum absolute atomic E-state index is 12.4. The van der Waals surface area contributed by atoms with Gasteiger partial charge in [-0.3, -0.25) is 4.79 Å². The average Bonchev–Trinajstić information content (AvgIpc) is 2.62. The summed E-state index contributed by atoms with van der Waals surface area (Å²) in [4.78, 5) is 12.4. The summed E-state index contributed by atoms with van der Waals surface area (Å²) in [5, 5.41) is 11.4. The van der Waals surface area contributed by atoms with Gasteiger partial charge in [-0.15, -0.1) is 0 Å². The van der Waals surface area contributed by atoms with Crippen molar-refractivity contribution in [2.24, 2.45) is 0 Å². The van der Waals surface area contributed by atoms with Crippen molar-refractivity contribution < 1.29 is 17.9 Å². The zero-order valence-corrected chi connectivity index (χ0v) is 15.4. The van der Waals surface area contributed by atoms with E-state index in [1.165, 1.54) is 26.2 Å². The van der Waals surface area contributed by atoms with E-state index in [1.807, 2.05) is 6.07 Å². The van der Waals surface area contributed by atoms with Crippen LogP contribution >= 0.6 is 0 Å². The molecule has 0 fully saturated rings. The van der Waals surface area contributed by atoms with Crippen molar-refractivity contribution in [2.45, 2.75) is 17.9 Å². The van der Waals surface area contributed by atoms with E-state index in [1.54, 1.807) is 43.3 Å². The van der Waals surface area contributed by atoms with Crippen LogP contribution in [0.4, 0.5) is 5.69 Å². The second kappa shape index (κ2) is 7.99. The Morgan fingerprint density at radius 3 is 2.35 bits per heavy atom. The molecule has 2 aromatic carbocycles. The molecule has 26 heavy (non-hydrogen) atoms. The summed E-state index contributed by atoms with van der Waals surface area (Å²) in [6.45, 7) is 1.55. The van der Waals surface area contributed by atoms with Crippen molar-refractivity contribution in [2.75, 3.05) is 19.4 Å². The number of sulfonamides is 1. The van der Waals surface area contributed by atoms with Crippen LogP contribution in [0.3, 0.4) is 0 Å². The molecule has 2 rings (SSSR count). The van der Waals surface area contributed by atoms with Crippen LogP contribution in [0.15, 0.2) is 53.4 Å². The quantitative estimate of drug-likeness (QED) is 0.837. The van der Waals surface area contributed by atoms with E-state index in [9.17, 15) is 13.2 Å². The molecule has 136 valence electrons. The Kier molecular flexibility index (Phi) is 5.97. The molecular formula is C18H19N3O4S. The van der Waals surface area contributed by atoms with Gasteiger partial charge in [0.2, 0.25) is 10.0 Å². The number of para-hydroxylation sites is 1. The van der Waals surface area contributed by atoms with E-state index in [4.69, 9.17) is 10.00 Å². The Balaban J connectivity index is 2.16. The van der Waals surface area contributed by atoms with E-state index < -0.39 is 22.0 Å². The molecular weight excluding hydrogens is 354 g/mol. The number of nitrogens with zero attached hydrogens (tertiary/aromatic N) is 2. The first-order valence-electron chi connectivity index (χ1n) is 7.75.